The van der Waals surface area contributed by atoms with E-state index >= 15 is 0 Å². The maximum atomic E-state index is 5.75. The van der Waals surface area contributed by atoms with Crippen LogP contribution in [0.4, 0.5) is 0 Å². The topological polar surface area (TPSA) is 78.4 Å². The maximum Gasteiger partial charge on any atom is 0.193 e. The second kappa shape index (κ2) is 10.1. The monoisotopic (exact) mass is 384 g/mol. The first-order valence-electron chi connectivity index (χ1n) is 10.2. The minimum absolute atomic E-state index is 0.466. The van der Waals surface area contributed by atoms with E-state index in [0.29, 0.717) is 11.8 Å². The Morgan fingerprint density at radius 3 is 2.64 bits per heavy atom. The van der Waals surface area contributed by atoms with Crippen LogP contribution in [0.5, 0.6) is 5.75 Å². The van der Waals surface area contributed by atoms with Crippen molar-refractivity contribution < 1.29 is 4.74 Å². The summed E-state index contributed by atoms with van der Waals surface area (Å²) in [6.07, 6.45) is 4.67. The number of rotatable bonds is 7. The lowest BCUT2D eigenvalue weighted by molar-refractivity contribution is 0.271. The van der Waals surface area contributed by atoms with E-state index in [9.17, 15) is 0 Å². The van der Waals surface area contributed by atoms with E-state index in [1.54, 1.807) is 6.33 Å². The molecule has 2 heterocycles. The van der Waals surface area contributed by atoms with Crippen LogP contribution in [0.2, 0.25) is 0 Å². The lowest BCUT2D eigenvalue weighted by Crippen LogP contribution is -2.45. The van der Waals surface area contributed by atoms with Gasteiger partial charge in [0.2, 0.25) is 0 Å². The highest BCUT2D eigenvalue weighted by Crippen LogP contribution is 2.24. The zero-order chi connectivity index (χ0) is 19.8. The number of aromatic amines is 1. The van der Waals surface area contributed by atoms with Crippen molar-refractivity contribution in [2.45, 2.75) is 39.0 Å². The van der Waals surface area contributed by atoms with Gasteiger partial charge in [0.1, 0.15) is 17.9 Å². The van der Waals surface area contributed by atoms with Gasteiger partial charge in [0.05, 0.1) is 6.61 Å². The first-order chi connectivity index (χ1) is 13.7. The quantitative estimate of drug-likeness (QED) is 0.567. The number of likely N-dealkylation sites (tertiary alicyclic amines) is 1. The molecule has 2 N–H and O–H groups in total. The predicted molar refractivity (Wildman–Crippen MR) is 112 cm³/mol. The summed E-state index contributed by atoms with van der Waals surface area (Å²) in [4.78, 5) is 11.1. The van der Waals surface area contributed by atoms with Crippen molar-refractivity contribution in [2.75, 3.05) is 33.3 Å². The highest BCUT2D eigenvalue weighted by Gasteiger charge is 2.24. The lowest BCUT2D eigenvalue weighted by Gasteiger charge is -2.33. The molecular weight excluding hydrogens is 352 g/mol. The summed E-state index contributed by atoms with van der Waals surface area (Å²) in [6.45, 7) is 7.89. The van der Waals surface area contributed by atoms with Crippen molar-refractivity contribution in [2.24, 2.45) is 10.9 Å². The summed E-state index contributed by atoms with van der Waals surface area (Å²) in [7, 11) is 1.85. The Hall–Kier alpha value is -2.57. The van der Waals surface area contributed by atoms with Crippen LogP contribution in [0.3, 0.4) is 0 Å². The zero-order valence-corrected chi connectivity index (χ0v) is 17.2. The van der Waals surface area contributed by atoms with Crippen molar-refractivity contribution in [3.05, 3.63) is 42.0 Å². The average Bonchev–Trinajstić information content (AvgIpc) is 3.26. The van der Waals surface area contributed by atoms with Gasteiger partial charge in [0.15, 0.2) is 5.96 Å². The van der Waals surface area contributed by atoms with E-state index in [2.05, 4.69) is 68.5 Å². The van der Waals surface area contributed by atoms with Gasteiger partial charge >= 0.3 is 0 Å². The Kier molecular flexibility index (Phi) is 7.28. The van der Waals surface area contributed by atoms with Gasteiger partial charge in [0, 0.05) is 32.6 Å². The summed E-state index contributed by atoms with van der Waals surface area (Å²) in [5, 5.41) is 10.5. The van der Waals surface area contributed by atoms with Gasteiger partial charge in [-0.25, -0.2) is 4.98 Å². The van der Waals surface area contributed by atoms with E-state index in [-0.39, 0.29) is 0 Å². The third-order valence-electron chi connectivity index (χ3n) is 5.03. The molecule has 0 unspecified atom stereocenters. The first-order valence-corrected chi connectivity index (χ1v) is 10.2. The molecule has 1 aromatic heterocycles. The van der Waals surface area contributed by atoms with Crippen LogP contribution in [0.1, 0.15) is 44.0 Å². The smallest absolute Gasteiger partial charge is 0.193 e. The molecule has 0 bridgehead atoms. The SMILES string of the molecule is CN=C(NCCc1ccc(OCC(C)C)cc1)N1CCC(c2ncn[nH]2)CC1. The number of benzene rings is 1. The molecule has 1 saturated heterocycles. The van der Waals surface area contributed by atoms with E-state index in [1.807, 2.05) is 7.05 Å². The highest BCUT2D eigenvalue weighted by molar-refractivity contribution is 5.80. The first kappa shape index (κ1) is 20.2. The zero-order valence-electron chi connectivity index (χ0n) is 17.2. The fourth-order valence-corrected chi connectivity index (χ4v) is 3.44. The standard InChI is InChI=1S/C21H32N6O/c1-16(2)14-28-19-6-4-17(5-7-19)8-11-23-21(22-3)27-12-9-18(10-13-27)20-24-15-25-26-20/h4-7,15-16,18H,8-14H2,1-3H3,(H,22,23)(H,24,25,26). The van der Waals surface area contributed by atoms with Crippen LogP contribution in [0.15, 0.2) is 35.6 Å². The second-order valence-electron chi connectivity index (χ2n) is 7.70. The molecule has 152 valence electrons. The van der Waals surface area contributed by atoms with Gasteiger partial charge in [-0.2, -0.15) is 5.10 Å². The molecule has 0 saturated carbocycles. The normalized spacial score (nSPS) is 15.9. The van der Waals surface area contributed by atoms with Crippen molar-refractivity contribution in [3.8, 4) is 5.75 Å². The van der Waals surface area contributed by atoms with Crippen LogP contribution in [0.25, 0.3) is 0 Å². The molecule has 1 aliphatic heterocycles. The van der Waals surface area contributed by atoms with Gasteiger partial charge < -0.3 is 15.0 Å². The van der Waals surface area contributed by atoms with E-state index in [0.717, 1.165) is 63.0 Å². The van der Waals surface area contributed by atoms with Gasteiger partial charge in [-0.1, -0.05) is 26.0 Å². The average molecular weight is 385 g/mol. The van der Waals surface area contributed by atoms with Crippen LogP contribution >= 0.6 is 0 Å². The molecular formula is C21H32N6O. The van der Waals surface area contributed by atoms with E-state index < -0.39 is 0 Å². The fraction of sp³-hybridized carbons (Fsp3) is 0.571. The lowest BCUT2D eigenvalue weighted by atomic mass is 9.96. The number of H-pyrrole nitrogens is 1. The van der Waals surface area contributed by atoms with E-state index in [4.69, 9.17) is 4.74 Å². The fourth-order valence-electron chi connectivity index (χ4n) is 3.44. The van der Waals surface area contributed by atoms with Crippen LogP contribution in [-0.4, -0.2) is 59.3 Å². The number of ether oxygens (including phenoxy) is 1. The summed E-state index contributed by atoms with van der Waals surface area (Å²) >= 11 is 0. The Morgan fingerprint density at radius 2 is 2.04 bits per heavy atom. The predicted octanol–water partition coefficient (Wildman–Crippen LogP) is 2.84. The molecule has 7 nitrogen and oxygen atoms in total. The van der Waals surface area contributed by atoms with Crippen molar-refractivity contribution in [1.82, 2.24) is 25.4 Å². The van der Waals surface area contributed by atoms with Gasteiger partial charge in [-0.05, 0) is 42.9 Å². The number of hydrogen-bond donors (Lipinski definition) is 2. The van der Waals surface area contributed by atoms with Crippen LogP contribution in [-0.2, 0) is 6.42 Å². The van der Waals surface area contributed by atoms with Crippen LogP contribution in [0, 0.1) is 5.92 Å². The van der Waals surface area contributed by atoms with Gasteiger partial charge in [0.25, 0.3) is 0 Å². The third-order valence-corrected chi connectivity index (χ3v) is 5.03. The van der Waals surface area contributed by atoms with E-state index in [1.165, 1.54) is 5.56 Å². The summed E-state index contributed by atoms with van der Waals surface area (Å²) in [5.74, 6) is 3.93. The second-order valence-corrected chi connectivity index (χ2v) is 7.70. The summed E-state index contributed by atoms with van der Waals surface area (Å²) < 4.78 is 5.75. The number of hydrogen-bond acceptors (Lipinski definition) is 4. The third kappa shape index (κ3) is 5.71. The maximum absolute atomic E-state index is 5.75. The minimum atomic E-state index is 0.466. The number of nitrogens with zero attached hydrogens (tertiary/aromatic N) is 4. The van der Waals surface area contributed by atoms with Crippen molar-refractivity contribution >= 4 is 5.96 Å². The molecule has 0 spiro atoms. The molecule has 0 amide bonds. The van der Waals surface area contributed by atoms with Gasteiger partial charge in [-0.15, -0.1) is 0 Å². The minimum Gasteiger partial charge on any atom is -0.493 e. The summed E-state index contributed by atoms with van der Waals surface area (Å²) in [6, 6.07) is 8.40. The van der Waals surface area contributed by atoms with Crippen LogP contribution < -0.4 is 10.1 Å². The number of piperidine rings is 1. The highest BCUT2D eigenvalue weighted by atomic mass is 16.5. The Balaban J connectivity index is 1.41. The van der Waals surface area contributed by atoms with Gasteiger partial charge in [-0.3, -0.25) is 10.1 Å². The number of guanidine groups is 1. The Morgan fingerprint density at radius 1 is 1.29 bits per heavy atom. The summed E-state index contributed by atoms with van der Waals surface area (Å²) in [5.41, 5.74) is 1.30. The molecule has 1 aliphatic rings. The largest absolute Gasteiger partial charge is 0.493 e. The number of aliphatic imine (C=N–C) groups is 1. The van der Waals surface area contributed by atoms with Crippen molar-refractivity contribution in [3.63, 3.8) is 0 Å². The molecule has 0 aliphatic carbocycles. The molecule has 2 aromatic rings. The molecule has 0 atom stereocenters. The molecule has 7 heteroatoms. The molecule has 0 radical (unpaired) electrons. The Bertz CT molecular complexity index is 718. The molecule has 3 rings (SSSR count). The molecule has 1 aromatic carbocycles. The number of nitrogens with one attached hydrogen (secondary N) is 2. The Labute approximate surface area is 167 Å². The molecule has 28 heavy (non-hydrogen) atoms. The molecule has 1 fully saturated rings. The number of aromatic nitrogens is 3. The van der Waals surface area contributed by atoms with Crippen molar-refractivity contribution in [1.29, 1.82) is 0 Å².